The monoisotopic (exact) mass is 449 g/mol. The summed E-state index contributed by atoms with van der Waals surface area (Å²) in [6, 6.07) is 9.82. The highest BCUT2D eigenvalue weighted by Gasteiger charge is 2.23. The van der Waals surface area contributed by atoms with Gasteiger partial charge in [0, 0.05) is 26.2 Å². The maximum Gasteiger partial charge on any atom is 0.270 e. The van der Waals surface area contributed by atoms with Gasteiger partial charge in [-0.3, -0.25) is 14.6 Å². The van der Waals surface area contributed by atoms with Gasteiger partial charge in [-0.1, -0.05) is 42.0 Å². The number of rotatable bonds is 7. The Bertz CT molecular complexity index is 981. The molecule has 1 fully saturated rings. The van der Waals surface area contributed by atoms with Crippen LogP contribution in [0.1, 0.15) is 28.6 Å². The molecule has 8 heteroatoms. The Morgan fingerprint density at radius 1 is 1.24 bits per heavy atom. The fourth-order valence-electron chi connectivity index (χ4n) is 3.52. The molecule has 1 aliphatic heterocycles. The van der Waals surface area contributed by atoms with Crippen LogP contribution in [0, 0.1) is 0 Å². The maximum absolute atomic E-state index is 13.3. The zero-order chi connectivity index (χ0) is 20.2. The molecule has 1 saturated heterocycles. The van der Waals surface area contributed by atoms with Gasteiger partial charge in [-0.25, -0.2) is 4.98 Å². The molecule has 4 rings (SSSR count). The Labute approximate surface area is 183 Å². The van der Waals surface area contributed by atoms with E-state index in [4.69, 9.17) is 21.3 Å². The van der Waals surface area contributed by atoms with Crippen molar-refractivity contribution in [3.63, 3.8) is 0 Å². The van der Waals surface area contributed by atoms with Crippen molar-refractivity contribution in [1.29, 1.82) is 0 Å². The predicted octanol–water partition coefficient (Wildman–Crippen LogP) is 4.94. The zero-order valence-electron chi connectivity index (χ0n) is 16.4. The number of ether oxygens (including phenoxy) is 1. The van der Waals surface area contributed by atoms with Crippen LogP contribution >= 0.6 is 34.3 Å². The Balaban J connectivity index is 1.58. The number of aryl methyl sites for hydroxylation is 1. The molecule has 0 unspecified atom stereocenters. The van der Waals surface area contributed by atoms with Crippen LogP contribution < -0.4 is 4.90 Å². The number of hydrogen-bond donors (Lipinski definition) is 0. The molecule has 0 aliphatic carbocycles. The number of nitrogens with zero attached hydrogens (tertiary/aromatic N) is 3. The van der Waals surface area contributed by atoms with Crippen molar-refractivity contribution < 1.29 is 9.53 Å². The minimum absolute atomic E-state index is 0.0269. The summed E-state index contributed by atoms with van der Waals surface area (Å²) in [6.07, 6.45) is 1.81. The van der Waals surface area contributed by atoms with Gasteiger partial charge in [0.05, 0.1) is 32.6 Å². The van der Waals surface area contributed by atoms with E-state index in [0.717, 1.165) is 61.0 Å². The Hall–Kier alpha value is -1.51. The third-order valence-corrected chi connectivity index (χ3v) is 7.35. The van der Waals surface area contributed by atoms with Crippen molar-refractivity contribution in [2.75, 3.05) is 44.3 Å². The second-order valence-corrected chi connectivity index (χ2v) is 9.71. The molecule has 1 amide bonds. The first-order chi connectivity index (χ1) is 14.2. The quantitative estimate of drug-likeness (QED) is 0.512. The predicted molar refractivity (Wildman–Crippen MR) is 122 cm³/mol. The van der Waals surface area contributed by atoms with E-state index in [0.29, 0.717) is 15.8 Å². The topological polar surface area (TPSA) is 45.7 Å². The van der Waals surface area contributed by atoms with Crippen molar-refractivity contribution in [1.82, 2.24) is 9.88 Å². The summed E-state index contributed by atoms with van der Waals surface area (Å²) in [6.45, 7) is 7.19. The van der Waals surface area contributed by atoms with Crippen molar-refractivity contribution in [3.8, 4) is 0 Å². The van der Waals surface area contributed by atoms with Crippen LogP contribution in [0.3, 0.4) is 0 Å². The molecule has 29 heavy (non-hydrogen) atoms. The van der Waals surface area contributed by atoms with Crippen molar-refractivity contribution >= 4 is 55.5 Å². The number of amides is 1. The molecule has 1 aliphatic rings. The largest absolute Gasteiger partial charge is 0.379 e. The van der Waals surface area contributed by atoms with Gasteiger partial charge in [-0.05, 0) is 36.6 Å². The second kappa shape index (κ2) is 9.53. The van der Waals surface area contributed by atoms with Crippen LogP contribution in [0.2, 0.25) is 4.34 Å². The second-order valence-electron chi connectivity index (χ2n) is 6.98. The van der Waals surface area contributed by atoms with Gasteiger partial charge in [-0.15, -0.1) is 11.3 Å². The highest BCUT2D eigenvalue weighted by molar-refractivity contribution is 7.22. The number of benzene rings is 1. The molecule has 154 valence electrons. The number of thiophene rings is 1. The SMILES string of the molecule is CCc1cccc2sc(N(CCCN3CCOCC3)C(=O)c3ccc(Cl)s3)nc12. The molecular formula is C21H24ClN3O2S2. The van der Waals surface area contributed by atoms with Crippen LogP contribution in [-0.2, 0) is 11.2 Å². The number of carbonyl (C=O) groups excluding carboxylic acids is 1. The van der Waals surface area contributed by atoms with E-state index in [1.54, 1.807) is 23.5 Å². The summed E-state index contributed by atoms with van der Waals surface area (Å²) in [5.74, 6) is -0.0269. The van der Waals surface area contributed by atoms with E-state index < -0.39 is 0 Å². The summed E-state index contributed by atoms with van der Waals surface area (Å²) >= 11 is 8.98. The van der Waals surface area contributed by atoms with Gasteiger partial charge >= 0.3 is 0 Å². The highest BCUT2D eigenvalue weighted by atomic mass is 35.5. The fourth-order valence-corrected chi connectivity index (χ4v) is 5.55. The minimum Gasteiger partial charge on any atom is -0.379 e. The molecule has 1 aromatic carbocycles. The lowest BCUT2D eigenvalue weighted by Gasteiger charge is -2.27. The number of anilines is 1. The summed E-state index contributed by atoms with van der Waals surface area (Å²) in [7, 11) is 0. The third kappa shape index (κ3) is 4.81. The van der Waals surface area contributed by atoms with Gasteiger partial charge in [-0.2, -0.15) is 0 Å². The average Bonchev–Trinajstić information content (AvgIpc) is 3.37. The molecule has 0 saturated carbocycles. The molecule has 0 N–H and O–H groups in total. The Morgan fingerprint density at radius 3 is 2.79 bits per heavy atom. The summed E-state index contributed by atoms with van der Waals surface area (Å²) < 4.78 is 7.17. The number of thiazole rings is 1. The first kappa shape index (κ1) is 20.8. The lowest BCUT2D eigenvalue weighted by Crippen LogP contribution is -2.39. The normalized spacial score (nSPS) is 15.1. The number of fused-ring (bicyclic) bond motifs is 1. The molecule has 0 atom stereocenters. The van der Waals surface area contributed by atoms with Crippen LogP contribution in [0.25, 0.3) is 10.2 Å². The highest BCUT2D eigenvalue weighted by Crippen LogP contribution is 2.33. The minimum atomic E-state index is -0.0269. The number of morpholine rings is 1. The number of aromatic nitrogens is 1. The first-order valence-corrected chi connectivity index (χ1v) is 11.9. The van der Waals surface area contributed by atoms with E-state index in [1.165, 1.54) is 16.9 Å². The molecule has 3 aromatic rings. The van der Waals surface area contributed by atoms with E-state index in [9.17, 15) is 4.79 Å². The lowest BCUT2D eigenvalue weighted by molar-refractivity contribution is 0.0376. The molecule has 3 heterocycles. The fraction of sp³-hybridized carbons (Fsp3) is 0.429. The van der Waals surface area contributed by atoms with Crippen molar-refractivity contribution in [3.05, 3.63) is 45.1 Å². The van der Waals surface area contributed by atoms with E-state index >= 15 is 0 Å². The molecular weight excluding hydrogens is 426 g/mol. The Morgan fingerprint density at radius 2 is 2.07 bits per heavy atom. The van der Waals surface area contributed by atoms with Crippen LogP contribution in [0.5, 0.6) is 0 Å². The molecule has 2 aromatic heterocycles. The molecule has 5 nitrogen and oxygen atoms in total. The smallest absolute Gasteiger partial charge is 0.270 e. The van der Waals surface area contributed by atoms with Gasteiger partial charge in [0.25, 0.3) is 5.91 Å². The van der Waals surface area contributed by atoms with E-state index in [-0.39, 0.29) is 5.91 Å². The van der Waals surface area contributed by atoms with Gasteiger partial charge in [0.15, 0.2) is 5.13 Å². The van der Waals surface area contributed by atoms with Crippen LogP contribution in [0.15, 0.2) is 30.3 Å². The Kier molecular flexibility index (Phi) is 6.82. The van der Waals surface area contributed by atoms with Gasteiger partial charge < -0.3 is 4.74 Å². The number of hydrogen-bond acceptors (Lipinski definition) is 6. The lowest BCUT2D eigenvalue weighted by atomic mass is 10.1. The van der Waals surface area contributed by atoms with Gasteiger partial charge in [0.1, 0.15) is 0 Å². The first-order valence-electron chi connectivity index (χ1n) is 9.91. The van der Waals surface area contributed by atoms with E-state index in [1.807, 2.05) is 4.90 Å². The number of para-hydroxylation sites is 1. The molecule has 0 spiro atoms. The summed E-state index contributed by atoms with van der Waals surface area (Å²) in [5, 5.41) is 0.761. The summed E-state index contributed by atoms with van der Waals surface area (Å²) in [4.78, 5) is 23.0. The third-order valence-electron chi connectivity index (χ3n) is 5.09. The van der Waals surface area contributed by atoms with Crippen molar-refractivity contribution in [2.45, 2.75) is 19.8 Å². The maximum atomic E-state index is 13.3. The zero-order valence-corrected chi connectivity index (χ0v) is 18.8. The molecule has 0 bridgehead atoms. The number of halogens is 1. The number of carbonyl (C=O) groups is 1. The van der Waals surface area contributed by atoms with Crippen LogP contribution in [0.4, 0.5) is 5.13 Å². The standard InChI is InChI=1S/C21H24ClN3O2S2/c1-2-15-5-3-6-16-19(15)23-21(29-16)25(20(26)17-7-8-18(22)28-17)10-4-9-24-11-13-27-14-12-24/h3,5-8H,2,4,9-14H2,1H3. The average molecular weight is 450 g/mol. The summed E-state index contributed by atoms with van der Waals surface area (Å²) in [5.41, 5.74) is 2.22. The van der Waals surface area contributed by atoms with Crippen molar-refractivity contribution in [2.24, 2.45) is 0 Å². The van der Waals surface area contributed by atoms with E-state index in [2.05, 4.69) is 30.0 Å². The molecule has 0 radical (unpaired) electrons. The van der Waals surface area contributed by atoms with Crippen LogP contribution in [-0.4, -0.2) is 55.2 Å². The van der Waals surface area contributed by atoms with Gasteiger partial charge in [0.2, 0.25) is 0 Å².